The van der Waals surface area contributed by atoms with Gasteiger partial charge in [-0.05, 0) is 44.9 Å². The van der Waals surface area contributed by atoms with Crippen molar-refractivity contribution in [1.29, 1.82) is 0 Å². The highest BCUT2D eigenvalue weighted by Crippen LogP contribution is 2.53. The van der Waals surface area contributed by atoms with E-state index in [0.717, 1.165) is 5.56 Å². The highest BCUT2D eigenvalue weighted by molar-refractivity contribution is 5.49. The van der Waals surface area contributed by atoms with Crippen LogP contribution in [0.25, 0.3) is 0 Å². The van der Waals surface area contributed by atoms with E-state index in [1.807, 2.05) is 0 Å². The van der Waals surface area contributed by atoms with Gasteiger partial charge in [-0.1, -0.05) is 6.07 Å². The lowest BCUT2D eigenvalue weighted by Crippen LogP contribution is -2.40. The van der Waals surface area contributed by atoms with Crippen LogP contribution in [0.3, 0.4) is 0 Å². The summed E-state index contributed by atoms with van der Waals surface area (Å²) in [5.41, 5.74) is -1.03. The summed E-state index contributed by atoms with van der Waals surface area (Å²) in [7, 11) is 0. The molecule has 4 rings (SSSR count). The summed E-state index contributed by atoms with van der Waals surface area (Å²) in [4.78, 5) is 0. The van der Waals surface area contributed by atoms with Crippen molar-refractivity contribution in [3.63, 3.8) is 0 Å². The molecule has 29 heavy (non-hydrogen) atoms. The van der Waals surface area contributed by atoms with Crippen LogP contribution in [-0.4, -0.2) is 24.4 Å². The lowest BCUT2D eigenvalue weighted by atomic mass is 9.72. The van der Waals surface area contributed by atoms with E-state index < -0.39 is 29.2 Å². The average Bonchev–Trinajstić information content (AvgIpc) is 3.06. The van der Waals surface area contributed by atoms with E-state index in [9.17, 15) is 18.3 Å². The molecular formula is C22H23F3O4. The summed E-state index contributed by atoms with van der Waals surface area (Å²) in [6, 6.07) is 6.01. The van der Waals surface area contributed by atoms with Crippen molar-refractivity contribution < 1.29 is 32.5 Å². The monoisotopic (exact) mass is 408 g/mol. The molecule has 1 saturated carbocycles. The van der Waals surface area contributed by atoms with Gasteiger partial charge in [0.05, 0.1) is 18.8 Å². The Morgan fingerprint density at radius 1 is 1.00 bits per heavy atom. The molecule has 0 saturated heterocycles. The van der Waals surface area contributed by atoms with Crippen LogP contribution in [0.5, 0.6) is 17.2 Å². The lowest BCUT2D eigenvalue weighted by molar-refractivity contribution is -0.0461. The molecule has 0 bridgehead atoms. The van der Waals surface area contributed by atoms with Crippen LogP contribution in [0.2, 0.25) is 0 Å². The van der Waals surface area contributed by atoms with E-state index >= 15 is 0 Å². The van der Waals surface area contributed by atoms with Gasteiger partial charge in [-0.25, -0.2) is 4.39 Å². The maximum atomic E-state index is 14.7. The molecule has 4 nitrogen and oxygen atoms in total. The van der Waals surface area contributed by atoms with E-state index in [4.69, 9.17) is 14.2 Å². The molecule has 7 heteroatoms. The molecule has 2 aromatic carbocycles. The smallest absolute Gasteiger partial charge is 0.207 e. The Hall–Kier alpha value is -2.41. The summed E-state index contributed by atoms with van der Waals surface area (Å²) in [6.07, 6.45) is 0.149. The van der Waals surface area contributed by atoms with E-state index in [0.29, 0.717) is 13.0 Å². The Morgan fingerprint density at radius 3 is 2.34 bits per heavy atom. The molecule has 1 N–H and O–H groups in total. The third kappa shape index (κ3) is 3.21. The van der Waals surface area contributed by atoms with Gasteiger partial charge in [-0.3, -0.25) is 0 Å². The minimum absolute atomic E-state index is 0.0279. The first-order valence-electron chi connectivity index (χ1n) is 9.85. The van der Waals surface area contributed by atoms with Crippen molar-refractivity contribution in [3.05, 3.63) is 52.8 Å². The largest absolute Gasteiger partial charge is 0.491 e. The Balaban J connectivity index is 1.62. The molecule has 1 aliphatic heterocycles. The van der Waals surface area contributed by atoms with Crippen molar-refractivity contribution in [1.82, 2.24) is 0 Å². The quantitative estimate of drug-likeness (QED) is 0.771. The van der Waals surface area contributed by atoms with Crippen molar-refractivity contribution in [2.75, 3.05) is 13.2 Å². The van der Waals surface area contributed by atoms with Gasteiger partial charge >= 0.3 is 0 Å². The lowest BCUT2D eigenvalue weighted by Gasteiger charge is -2.38. The van der Waals surface area contributed by atoms with E-state index in [1.165, 1.54) is 12.1 Å². The first kappa shape index (κ1) is 19.9. The summed E-state index contributed by atoms with van der Waals surface area (Å²) in [5, 5.41) is 11.2. The molecule has 1 aliphatic carbocycles. The highest BCUT2D eigenvalue weighted by atomic mass is 19.2. The summed E-state index contributed by atoms with van der Waals surface area (Å²) >= 11 is 0. The molecule has 156 valence electrons. The van der Waals surface area contributed by atoms with E-state index in [1.54, 1.807) is 26.0 Å². The van der Waals surface area contributed by atoms with Gasteiger partial charge in [0.1, 0.15) is 6.10 Å². The maximum absolute atomic E-state index is 14.7. The molecule has 0 aromatic heterocycles. The number of halogens is 3. The summed E-state index contributed by atoms with van der Waals surface area (Å²) in [5.74, 6) is -2.90. The van der Waals surface area contributed by atoms with Gasteiger partial charge < -0.3 is 19.3 Å². The van der Waals surface area contributed by atoms with Crippen LogP contribution < -0.4 is 14.2 Å². The average molecular weight is 408 g/mol. The zero-order valence-corrected chi connectivity index (χ0v) is 16.3. The molecule has 1 fully saturated rings. The van der Waals surface area contributed by atoms with Gasteiger partial charge in [-0.15, -0.1) is 0 Å². The fraction of sp³-hybridized carbons (Fsp3) is 0.455. The Morgan fingerprint density at radius 2 is 1.66 bits per heavy atom. The van der Waals surface area contributed by atoms with Crippen LogP contribution in [0.1, 0.15) is 50.2 Å². The molecule has 1 heterocycles. The summed E-state index contributed by atoms with van der Waals surface area (Å²) in [6.45, 7) is 3.96. The topological polar surface area (TPSA) is 47.9 Å². The Kier molecular flexibility index (Phi) is 5.11. The summed E-state index contributed by atoms with van der Waals surface area (Å²) < 4.78 is 59.9. The first-order valence-corrected chi connectivity index (χ1v) is 9.85. The number of rotatable bonds is 5. The zero-order chi connectivity index (χ0) is 20.8. The number of benzene rings is 2. The maximum Gasteiger partial charge on any atom is 0.207 e. The minimum atomic E-state index is -1.61. The number of hydrogen-bond donors (Lipinski definition) is 1. The molecule has 3 atom stereocenters. The Bertz CT molecular complexity index is 933. The van der Waals surface area contributed by atoms with Gasteiger partial charge in [-0.2, -0.15) is 8.78 Å². The fourth-order valence-corrected chi connectivity index (χ4v) is 4.42. The predicted octanol–water partition coefficient (Wildman–Crippen LogP) is 4.82. The third-order valence-electron chi connectivity index (χ3n) is 5.77. The molecular weight excluding hydrogens is 385 g/mol. The van der Waals surface area contributed by atoms with Crippen molar-refractivity contribution in [2.45, 2.75) is 50.7 Å². The van der Waals surface area contributed by atoms with Gasteiger partial charge in [0, 0.05) is 23.5 Å². The van der Waals surface area contributed by atoms with Crippen LogP contribution in [-0.2, 0) is 5.60 Å². The SMILES string of the molecule is CCOc1ccc(C2(O)CC[C@H]3c4ccc(OCC)c(F)c4O[C@@H]3C2)c(F)c1F. The van der Waals surface area contributed by atoms with E-state index in [2.05, 4.69) is 0 Å². The molecule has 2 aromatic rings. The molecule has 0 spiro atoms. The van der Waals surface area contributed by atoms with Crippen molar-refractivity contribution >= 4 is 0 Å². The first-order chi connectivity index (χ1) is 13.9. The second-order valence-electron chi connectivity index (χ2n) is 7.44. The van der Waals surface area contributed by atoms with E-state index in [-0.39, 0.29) is 48.2 Å². The second-order valence-corrected chi connectivity index (χ2v) is 7.44. The van der Waals surface area contributed by atoms with Gasteiger partial charge in [0.2, 0.25) is 11.6 Å². The van der Waals surface area contributed by atoms with Crippen molar-refractivity contribution in [3.8, 4) is 17.2 Å². The third-order valence-corrected chi connectivity index (χ3v) is 5.77. The second kappa shape index (κ2) is 7.44. The standard InChI is InChI=1S/C22H23F3O4/c1-3-27-15-8-6-14(18(23)19(15)24)22(26)10-9-12-13-5-7-16(28-4-2)20(25)21(13)29-17(12)11-22/h5-8,12,17,26H,3-4,9-11H2,1-2H3/t12-,17+,22?/m0/s1. The number of fused-ring (bicyclic) bond motifs is 3. The molecule has 2 aliphatic rings. The predicted molar refractivity (Wildman–Crippen MR) is 100 cm³/mol. The Labute approximate surface area is 167 Å². The fourth-order valence-electron chi connectivity index (χ4n) is 4.42. The van der Waals surface area contributed by atoms with Crippen molar-refractivity contribution in [2.24, 2.45) is 0 Å². The molecule has 0 radical (unpaired) electrons. The number of aliphatic hydroxyl groups is 1. The minimum Gasteiger partial charge on any atom is -0.491 e. The number of ether oxygens (including phenoxy) is 3. The number of hydrogen-bond acceptors (Lipinski definition) is 4. The molecule has 1 unspecified atom stereocenters. The zero-order valence-electron chi connectivity index (χ0n) is 16.3. The van der Waals surface area contributed by atoms with Crippen LogP contribution >= 0.6 is 0 Å². The molecule has 0 amide bonds. The van der Waals surface area contributed by atoms with Gasteiger partial charge in [0.25, 0.3) is 0 Å². The highest BCUT2D eigenvalue weighted by Gasteiger charge is 2.48. The van der Waals surface area contributed by atoms with Gasteiger partial charge in [0.15, 0.2) is 23.1 Å². The normalized spacial score (nSPS) is 25.2. The van der Waals surface area contributed by atoms with Crippen LogP contribution in [0, 0.1) is 17.5 Å². The van der Waals surface area contributed by atoms with Crippen LogP contribution in [0.4, 0.5) is 13.2 Å². The van der Waals surface area contributed by atoms with Crippen LogP contribution in [0.15, 0.2) is 24.3 Å².